The quantitative estimate of drug-likeness (QED) is 0.784. The molecule has 0 amide bonds. The van der Waals surface area contributed by atoms with Crippen LogP contribution in [0.2, 0.25) is 0 Å². The number of likely N-dealkylation sites (N-methyl/N-ethyl adjacent to an activating group) is 1. The molecule has 0 atom stereocenters. The second-order valence-corrected chi connectivity index (χ2v) is 5.16. The second kappa shape index (κ2) is 7.51. The van der Waals surface area contributed by atoms with Crippen molar-refractivity contribution in [2.24, 2.45) is 5.73 Å². The number of nitrogens with zero attached hydrogens (tertiary/aromatic N) is 1. The summed E-state index contributed by atoms with van der Waals surface area (Å²) in [5, 5.41) is 0. The monoisotopic (exact) mass is 264 g/mol. The Balaban J connectivity index is 2.59. The first-order chi connectivity index (χ1) is 9.11. The molecule has 1 aromatic rings. The van der Waals surface area contributed by atoms with Crippen molar-refractivity contribution in [2.45, 2.75) is 38.6 Å². The number of hydrogen-bond donors (Lipinski definition) is 1. The Morgan fingerprint density at radius 2 is 1.74 bits per heavy atom. The highest BCUT2D eigenvalue weighted by atomic mass is 16.5. The molecule has 1 rings (SSSR count). The molecule has 0 unspecified atom stereocenters. The Labute approximate surface area is 117 Å². The van der Waals surface area contributed by atoms with Crippen LogP contribution in [0.5, 0.6) is 5.75 Å². The maximum absolute atomic E-state index is 5.98. The molecule has 0 radical (unpaired) electrons. The van der Waals surface area contributed by atoms with Gasteiger partial charge < -0.3 is 10.5 Å². The third kappa shape index (κ3) is 3.95. The van der Waals surface area contributed by atoms with Gasteiger partial charge in [-0.1, -0.05) is 26.0 Å². The third-order valence-electron chi connectivity index (χ3n) is 4.40. The van der Waals surface area contributed by atoms with Crippen molar-refractivity contribution in [3.05, 3.63) is 29.8 Å². The fraction of sp³-hybridized carbons (Fsp3) is 0.625. The molecule has 0 heterocycles. The highest BCUT2D eigenvalue weighted by molar-refractivity contribution is 5.27. The molecule has 0 bridgehead atoms. The van der Waals surface area contributed by atoms with Crippen LogP contribution in [-0.2, 0) is 6.42 Å². The smallest absolute Gasteiger partial charge is 0.118 e. The molecule has 0 aliphatic rings. The van der Waals surface area contributed by atoms with Crippen molar-refractivity contribution in [2.75, 3.05) is 27.2 Å². The molecule has 1 aromatic carbocycles. The van der Waals surface area contributed by atoms with E-state index in [1.807, 2.05) is 12.1 Å². The molecule has 3 heteroatoms. The lowest BCUT2D eigenvalue weighted by Crippen LogP contribution is -2.51. The van der Waals surface area contributed by atoms with Crippen LogP contribution in [0.25, 0.3) is 0 Å². The van der Waals surface area contributed by atoms with E-state index in [4.69, 9.17) is 10.5 Å². The van der Waals surface area contributed by atoms with E-state index >= 15 is 0 Å². The lowest BCUT2D eigenvalue weighted by Gasteiger charge is -2.40. The first-order valence-corrected chi connectivity index (χ1v) is 7.16. The summed E-state index contributed by atoms with van der Waals surface area (Å²) in [7, 11) is 3.88. The minimum Gasteiger partial charge on any atom is -0.497 e. The summed E-state index contributed by atoms with van der Waals surface area (Å²) in [6.45, 7) is 6.20. The van der Waals surface area contributed by atoms with Crippen LogP contribution in [0.4, 0.5) is 0 Å². The first-order valence-electron chi connectivity index (χ1n) is 7.16. The molecule has 0 aliphatic heterocycles. The fourth-order valence-electron chi connectivity index (χ4n) is 2.56. The van der Waals surface area contributed by atoms with E-state index in [1.165, 1.54) is 5.56 Å². The van der Waals surface area contributed by atoms with Gasteiger partial charge in [0, 0.05) is 18.6 Å². The molecule has 108 valence electrons. The van der Waals surface area contributed by atoms with E-state index in [1.54, 1.807) is 7.11 Å². The van der Waals surface area contributed by atoms with Crippen LogP contribution >= 0.6 is 0 Å². The SMILES string of the molecule is CCC(CC)(CN)N(C)CCc1ccc(OC)cc1. The van der Waals surface area contributed by atoms with Gasteiger partial charge in [0.2, 0.25) is 0 Å². The van der Waals surface area contributed by atoms with Gasteiger partial charge in [0.05, 0.1) is 7.11 Å². The Morgan fingerprint density at radius 1 is 1.16 bits per heavy atom. The van der Waals surface area contributed by atoms with Crippen LogP contribution in [0.1, 0.15) is 32.3 Å². The van der Waals surface area contributed by atoms with Crippen LogP contribution in [0.3, 0.4) is 0 Å². The molecule has 19 heavy (non-hydrogen) atoms. The zero-order chi connectivity index (χ0) is 14.3. The van der Waals surface area contributed by atoms with Gasteiger partial charge in [-0.15, -0.1) is 0 Å². The molecule has 3 nitrogen and oxygen atoms in total. The first kappa shape index (κ1) is 16.0. The van der Waals surface area contributed by atoms with Gasteiger partial charge in [-0.25, -0.2) is 0 Å². The Kier molecular flexibility index (Phi) is 6.32. The summed E-state index contributed by atoms with van der Waals surface area (Å²) < 4.78 is 5.17. The van der Waals surface area contributed by atoms with E-state index < -0.39 is 0 Å². The third-order valence-corrected chi connectivity index (χ3v) is 4.40. The number of methoxy groups -OCH3 is 1. The molecule has 2 N–H and O–H groups in total. The van der Waals surface area contributed by atoms with Crippen molar-refractivity contribution < 1.29 is 4.74 Å². The summed E-state index contributed by atoms with van der Waals surface area (Å²) in [4.78, 5) is 2.41. The van der Waals surface area contributed by atoms with Gasteiger partial charge in [-0.05, 0) is 44.0 Å². The average Bonchev–Trinajstić information content (AvgIpc) is 2.48. The normalized spacial score (nSPS) is 11.9. The molecule has 0 fully saturated rings. The lowest BCUT2D eigenvalue weighted by atomic mass is 9.90. The minimum absolute atomic E-state index is 0.145. The van der Waals surface area contributed by atoms with Crippen LogP contribution in [-0.4, -0.2) is 37.7 Å². The summed E-state index contributed by atoms with van der Waals surface area (Å²) in [5.41, 5.74) is 7.46. The number of rotatable bonds is 8. The van der Waals surface area contributed by atoms with Crippen LogP contribution in [0, 0.1) is 0 Å². The van der Waals surface area contributed by atoms with E-state index in [0.29, 0.717) is 0 Å². The average molecular weight is 264 g/mol. The van der Waals surface area contributed by atoms with Crippen molar-refractivity contribution in [1.82, 2.24) is 4.90 Å². The predicted molar refractivity (Wildman–Crippen MR) is 81.7 cm³/mol. The van der Waals surface area contributed by atoms with E-state index in [9.17, 15) is 0 Å². The van der Waals surface area contributed by atoms with Gasteiger partial charge in [-0.3, -0.25) is 4.90 Å². The molecule has 0 saturated carbocycles. The van der Waals surface area contributed by atoms with Gasteiger partial charge in [0.25, 0.3) is 0 Å². The van der Waals surface area contributed by atoms with E-state index in [-0.39, 0.29) is 5.54 Å². The van der Waals surface area contributed by atoms with Gasteiger partial charge in [-0.2, -0.15) is 0 Å². The zero-order valence-corrected chi connectivity index (χ0v) is 12.8. The standard InChI is InChI=1S/C16H28N2O/c1-5-16(6-2,13-17)18(3)12-11-14-7-9-15(19-4)10-8-14/h7-10H,5-6,11-13,17H2,1-4H3. The maximum atomic E-state index is 5.98. The molecular weight excluding hydrogens is 236 g/mol. The maximum Gasteiger partial charge on any atom is 0.118 e. The highest BCUT2D eigenvalue weighted by Gasteiger charge is 2.28. The lowest BCUT2D eigenvalue weighted by molar-refractivity contribution is 0.117. The largest absolute Gasteiger partial charge is 0.497 e. The van der Waals surface area contributed by atoms with Crippen molar-refractivity contribution >= 4 is 0 Å². The Hall–Kier alpha value is -1.06. The van der Waals surface area contributed by atoms with Crippen LogP contribution in [0.15, 0.2) is 24.3 Å². The fourth-order valence-corrected chi connectivity index (χ4v) is 2.56. The highest BCUT2D eigenvalue weighted by Crippen LogP contribution is 2.21. The number of nitrogens with two attached hydrogens (primary N) is 1. The van der Waals surface area contributed by atoms with Crippen molar-refractivity contribution in [3.63, 3.8) is 0 Å². The number of ether oxygens (including phenoxy) is 1. The Morgan fingerprint density at radius 3 is 2.16 bits per heavy atom. The summed E-state index contributed by atoms with van der Waals surface area (Å²) >= 11 is 0. The van der Waals surface area contributed by atoms with Gasteiger partial charge in [0.1, 0.15) is 5.75 Å². The summed E-state index contributed by atoms with van der Waals surface area (Å²) in [6.07, 6.45) is 3.24. The molecule has 0 spiro atoms. The molecule has 0 saturated heterocycles. The van der Waals surface area contributed by atoms with Crippen LogP contribution < -0.4 is 10.5 Å². The van der Waals surface area contributed by atoms with E-state index in [0.717, 1.165) is 38.1 Å². The van der Waals surface area contributed by atoms with E-state index in [2.05, 4.69) is 37.9 Å². The number of benzene rings is 1. The van der Waals surface area contributed by atoms with Crippen molar-refractivity contribution in [3.8, 4) is 5.75 Å². The minimum atomic E-state index is 0.145. The summed E-state index contributed by atoms with van der Waals surface area (Å²) in [5.74, 6) is 0.913. The predicted octanol–water partition coefficient (Wildman–Crippen LogP) is 2.69. The zero-order valence-electron chi connectivity index (χ0n) is 12.8. The molecular formula is C16H28N2O. The molecule has 0 aliphatic carbocycles. The van der Waals surface area contributed by atoms with Crippen molar-refractivity contribution in [1.29, 1.82) is 0 Å². The topological polar surface area (TPSA) is 38.5 Å². The van der Waals surface area contributed by atoms with Gasteiger partial charge >= 0.3 is 0 Å². The summed E-state index contributed by atoms with van der Waals surface area (Å²) in [6, 6.07) is 8.31. The second-order valence-electron chi connectivity index (χ2n) is 5.16. The van der Waals surface area contributed by atoms with Gasteiger partial charge in [0.15, 0.2) is 0 Å². The Bertz CT molecular complexity index is 349. The molecule has 0 aromatic heterocycles. The number of hydrogen-bond acceptors (Lipinski definition) is 3.